The number of aromatic nitrogens is 4. The van der Waals surface area contributed by atoms with Crippen LogP contribution in [0.2, 0.25) is 0 Å². The first-order chi connectivity index (χ1) is 11.1. The molecule has 0 bridgehead atoms. The summed E-state index contributed by atoms with van der Waals surface area (Å²) in [5, 5.41) is 22.4. The zero-order valence-corrected chi connectivity index (χ0v) is 12.4. The van der Waals surface area contributed by atoms with Gasteiger partial charge in [0.05, 0.1) is 6.26 Å². The minimum absolute atomic E-state index is 0.0511. The third-order valence-electron chi connectivity index (χ3n) is 3.27. The maximum atomic E-state index is 12.0. The molecule has 0 aliphatic rings. The van der Waals surface area contributed by atoms with Crippen molar-refractivity contribution in [1.29, 1.82) is 0 Å². The van der Waals surface area contributed by atoms with Crippen molar-refractivity contribution in [2.45, 2.75) is 13.3 Å². The van der Waals surface area contributed by atoms with E-state index in [4.69, 9.17) is 4.42 Å². The van der Waals surface area contributed by atoms with Crippen LogP contribution in [0.4, 0.5) is 0 Å². The van der Waals surface area contributed by atoms with Crippen LogP contribution in [0.5, 0.6) is 0 Å². The zero-order valence-electron chi connectivity index (χ0n) is 12.4. The van der Waals surface area contributed by atoms with E-state index in [-0.39, 0.29) is 17.3 Å². The Kier molecular flexibility index (Phi) is 4.01. The van der Waals surface area contributed by atoms with Crippen molar-refractivity contribution in [3.8, 4) is 0 Å². The van der Waals surface area contributed by atoms with Gasteiger partial charge in [-0.25, -0.2) is 0 Å². The van der Waals surface area contributed by atoms with Crippen molar-refractivity contribution in [3.63, 3.8) is 0 Å². The zero-order chi connectivity index (χ0) is 16.2. The number of aliphatic hydroxyl groups excluding tert-OH is 1. The van der Waals surface area contributed by atoms with Crippen LogP contribution in [0.1, 0.15) is 33.1 Å². The minimum atomic E-state index is -0.470. The van der Waals surface area contributed by atoms with Crippen molar-refractivity contribution in [2.24, 2.45) is 0 Å². The number of H-pyrrole nitrogens is 1. The second-order valence-electron chi connectivity index (χ2n) is 5.11. The molecule has 0 unspecified atom stereocenters. The molecule has 1 aromatic carbocycles. The number of tetrazole rings is 1. The Morgan fingerprint density at radius 2 is 2.09 bits per heavy atom. The Balaban J connectivity index is 1.72. The van der Waals surface area contributed by atoms with E-state index in [1.807, 2.05) is 31.2 Å². The molecule has 116 valence electrons. The summed E-state index contributed by atoms with van der Waals surface area (Å²) in [7, 11) is 0. The highest BCUT2D eigenvalue weighted by Gasteiger charge is 2.13. The van der Waals surface area contributed by atoms with Crippen molar-refractivity contribution in [3.05, 3.63) is 70.9 Å². The average molecular weight is 310 g/mol. The van der Waals surface area contributed by atoms with E-state index in [1.54, 1.807) is 6.07 Å². The molecule has 0 aliphatic carbocycles. The topological polar surface area (TPSA) is 105 Å². The smallest absolute Gasteiger partial charge is 0.239 e. The molecule has 7 nitrogen and oxygen atoms in total. The Morgan fingerprint density at radius 3 is 2.78 bits per heavy atom. The van der Waals surface area contributed by atoms with E-state index in [0.29, 0.717) is 6.42 Å². The number of carbonyl (C=O) groups is 1. The molecule has 0 fully saturated rings. The van der Waals surface area contributed by atoms with Gasteiger partial charge in [0.15, 0.2) is 11.5 Å². The molecule has 0 radical (unpaired) electrons. The van der Waals surface area contributed by atoms with E-state index >= 15 is 0 Å². The monoisotopic (exact) mass is 310 g/mol. The van der Waals surface area contributed by atoms with Gasteiger partial charge in [-0.3, -0.25) is 4.79 Å². The lowest BCUT2D eigenvalue weighted by Crippen LogP contribution is -1.96. The SMILES string of the molecule is Cc1ccc(Cc2coc(C(=O)C=C(O)c3nn[nH]n3)c2)cc1. The molecule has 3 aromatic rings. The van der Waals surface area contributed by atoms with Gasteiger partial charge in [-0.2, -0.15) is 5.21 Å². The van der Waals surface area contributed by atoms with Crippen LogP contribution < -0.4 is 0 Å². The molecule has 23 heavy (non-hydrogen) atoms. The number of ketones is 1. The van der Waals surface area contributed by atoms with Crippen LogP contribution in [0, 0.1) is 6.92 Å². The fraction of sp³-hybridized carbons (Fsp3) is 0.125. The molecule has 3 rings (SSSR count). The highest BCUT2D eigenvalue weighted by Crippen LogP contribution is 2.16. The molecule has 2 N–H and O–H groups in total. The van der Waals surface area contributed by atoms with Gasteiger partial charge in [0.1, 0.15) is 0 Å². The molecule has 0 saturated heterocycles. The lowest BCUT2D eigenvalue weighted by molar-refractivity contribution is 0.102. The Bertz CT molecular complexity index is 833. The third-order valence-corrected chi connectivity index (χ3v) is 3.27. The summed E-state index contributed by atoms with van der Waals surface area (Å²) in [5.74, 6) is -0.755. The predicted molar refractivity (Wildman–Crippen MR) is 81.8 cm³/mol. The van der Waals surface area contributed by atoms with E-state index in [1.165, 1.54) is 11.8 Å². The van der Waals surface area contributed by atoms with Gasteiger partial charge in [0, 0.05) is 12.5 Å². The third kappa shape index (κ3) is 3.52. The molecule has 0 aliphatic heterocycles. The number of carbonyl (C=O) groups excluding carboxylic acids is 1. The van der Waals surface area contributed by atoms with E-state index < -0.39 is 5.78 Å². The van der Waals surface area contributed by atoms with Crippen molar-refractivity contribution in [1.82, 2.24) is 20.6 Å². The van der Waals surface area contributed by atoms with Gasteiger partial charge in [0.2, 0.25) is 11.6 Å². The Labute approximate surface area is 131 Å². The lowest BCUT2D eigenvalue weighted by Gasteiger charge is -1.98. The summed E-state index contributed by atoms with van der Waals surface area (Å²) in [6.07, 6.45) is 3.20. The van der Waals surface area contributed by atoms with Gasteiger partial charge < -0.3 is 9.52 Å². The van der Waals surface area contributed by atoms with Crippen LogP contribution in [0.15, 0.2) is 47.1 Å². The van der Waals surface area contributed by atoms with Crippen LogP contribution in [0.25, 0.3) is 5.76 Å². The number of allylic oxidation sites excluding steroid dienone is 1. The second-order valence-corrected chi connectivity index (χ2v) is 5.11. The van der Waals surface area contributed by atoms with Crippen LogP contribution in [-0.2, 0) is 6.42 Å². The van der Waals surface area contributed by atoms with E-state index in [0.717, 1.165) is 17.2 Å². The average Bonchev–Trinajstić information content (AvgIpc) is 3.21. The number of furan rings is 1. The summed E-state index contributed by atoms with van der Waals surface area (Å²) in [4.78, 5) is 12.0. The van der Waals surface area contributed by atoms with Gasteiger partial charge >= 0.3 is 0 Å². The molecule has 0 amide bonds. The van der Waals surface area contributed by atoms with Gasteiger partial charge in [-0.05, 0) is 29.3 Å². The van der Waals surface area contributed by atoms with Crippen molar-refractivity contribution in [2.75, 3.05) is 0 Å². The standard InChI is InChI=1S/C16H14N4O3/c1-10-2-4-11(5-3-10)6-12-7-15(23-9-12)13(21)8-14(22)16-17-19-20-18-16/h2-5,7-9,22H,6H2,1H3,(H,17,18,19,20). The predicted octanol–water partition coefficient (Wildman–Crippen LogP) is 2.47. The number of benzene rings is 1. The molecular formula is C16H14N4O3. The van der Waals surface area contributed by atoms with Crippen molar-refractivity contribution >= 4 is 11.5 Å². The molecule has 0 saturated carbocycles. The van der Waals surface area contributed by atoms with Crippen LogP contribution in [0.3, 0.4) is 0 Å². The summed E-state index contributed by atoms with van der Waals surface area (Å²) in [6.45, 7) is 2.03. The summed E-state index contributed by atoms with van der Waals surface area (Å²) in [5.41, 5.74) is 3.20. The van der Waals surface area contributed by atoms with Crippen LogP contribution in [-0.4, -0.2) is 31.5 Å². The normalized spacial score (nSPS) is 11.6. The Morgan fingerprint density at radius 1 is 1.30 bits per heavy atom. The summed E-state index contributed by atoms with van der Waals surface area (Å²) in [6, 6.07) is 9.79. The second kappa shape index (κ2) is 6.27. The molecular weight excluding hydrogens is 296 g/mol. The number of nitrogens with zero attached hydrogens (tertiary/aromatic N) is 3. The molecule has 2 aromatic heterocycles. The summed E-state index contributed by atoms with van der Waals surface area (Å²) >= 11 is 0. The highest BCUT2D eigenvalue weighted by molar-refractivity contribution is 6.05. The van der Waals surface area contributed by atoms with Gasteiger partial charge in [-0.15, -0.1) is 10.2 Å². The maximum Gasteiger partial charge on any atom is 0.239 e. The molecule has 0 atom stereocenters. The number of aliphatic hydroxyl groups is 1. The maximum absolute atomic E-state index is 12.0. The number of hydrogen-bond acceptors (Lipinski definition) is 6. The fourth-order valence-electron chi connectivity index (χ4n) is 2.07. The largest absolute Gasteiger partial charge is 0.504 e. The van der Waals surface area contributed by atoms with E-state index in [9.17, 15) is 9.90 Å². The molecule has 7 heteroatoms. The molecule has 2 heterocycles. The van der Waals surface area contributed by atoms with Crippen LogP contribution >= 0.6 is 0 Å². The first kappa shape index (κ1) is 14.7. The van der Waals surface area contributed by atoms with Gasteiger partial charge in [0.25, 0.3) is 0 Å². The quantitative estimate of drug-likeness (QED) is 0.426. The van der Waals surface area contributed by atoms with Crippen molar-refractivity contribution < 1.29 is 14.3 Å². The fourth-order valence-corrected chi connectivity index (χ4v) is 2.07. The van der Waals surface area contributed by atoms with Gasteiger partial charge in [-0.1, -0.05) is 29.8 Å². The minimum Gasteiger partial charge on any atom is -0.504 e. The number of hydrogen-bond donors (Lipinski definition) is 2. The lowest BCUT2D eigenvalue weighted by atomic mass is 10.1. The number of rotatable bonds is 5. The first-order valence-corrected chi connectivity index (χ1v) is 6.93. The number of aromatic amines is 1. The molecule has 0 spiro atoms. The Hall–Kier alpha value is -3.22. The number of aryl methyl sites for hydroxylation is 1. The van der Waals surface area contributed by atoms with E-state index in [2.05, 4.69) is 20.6 Å². The first-order valence-electron chi connectivity index (χ1n) is 6.93. The summed E-state index contributed by atoms with van der Waals surface area (Å²) < 4.78 is 5.27. The number of nitrogens with one attached hydrogen (secondary N) is 1. The highest BCUT2D eigenvalue weighted by atomic mass is 16.3.